The molecule has 0 atom stereocenters. The lowest BCUT2D eigenvalue weighted by Crippen LogP contribution is -2.40. The number of hydrogen-bond acceptors (Lipinski definition) is 4. The molecule has 3 rings (SSSR count). The van der Waals surface area contributed by atoms with Gasteiger partial charge in [0, 0.05) is 20.3 Å². The van der Waals surface area contributed by atoms with Gasteiger partial charge in [0.2, 0.25) is 0 Å². The number of benzene rings is 1. The van der Waals surface area contributed by atoms with Crippen molar-refractivity contribution in [1.29, 1.82) is 0 Å². The molecule has 0 saturated carbocycles. The van der Waals surface area contributed by atoms with Crippen LogP contribution >= 0.6 is 11.3 Å². The van der Waals surface area contributed by atoms with E-state index in [0.717, 1.165) is 16.7 Å². The minimum absolute atomic E-state index is 0.204. The maximum absolute atomic E-state index is 13.1. The lowest BCUT2D eigenvalue weighted by molar-refractivity contribution is 0.189. The van der Waals surface area contributed by atoms with Crippen LogP contribution in [0.15, 0.2) is 33.2 Å². The van der Waals surface area contributed by atoms with E-state index in [4.69, 9.17) is 4.74 Å². The van der Waals surface area contributed by atoms with Crippen LogP contribution in [0.2, 0.25) is 0 Å². The van der Waals surface area contributed by atoms with Crippen LogP contribution in [0, 0.1) is 20.8 Å². The smallest absolute Gasteiger partial charge is 0.331 e. The van der Waals surface area contributed by atoms with E-state index in [0.29, 0.717) is 36.3 Å². The van der Waals surface area contributed by atoms with Gasteiger partial charge in [0.25, 0.3) is 5.56 Å². The third-order valence-corrected chi connectivity index (χ3v) is 5.61. The molecule has 0 fully saturated rings. The third kappa shape index (κ3) is 3.39. The lowest BCUT2D eigenvalue weighted by Gasteiger charge is -2.16. The molecule has 0 amide bonds. The van der Waals surface area contributed by atoms with Crippen LogP contribution in [0.3, 0.4) is 0 Å². The molecule has 2 aromatic heterocycles. The Labute approximate surface area is 156 Å². The molecule has 0 spiro atoms. The Kier molecular flexibility index (Phi) is 5.44. The maximum atomic E-state index is 13.1. The topological polar surface area (TPSA) is 53.2 Å². The van der Waals surface area contributed by atoms with Gasteiger partial charge >= 0.3 is 5.69 Å². The summed E-state index contributed by atoms with van der Waals surface area (Å²) in [6, 6.07) is 6.13. The summed E-state index contributed by atoms with van der Waals surface area (Å²) in [6.07, 6.45) is 0.630. The fraction of sp³-hybridized carbons (Fsp3) is 0.400. The van der Waals surface area contributed by atoms with Crippen molar-refractivity contribution in [2.45, 2.75) is 40.3 Å². The van der Waals surface area contributed by atoms with E-state index in [2.05, 4.69) is 32.9 Å². The largest absolute Gasteiger partial charge is 0.385 e. The van der Waals surface area contributed by atoms with Crippen LogP contribution in [-0.4, -0.2) is 22.9 Å². The number of methoxy groups -OCH3 is 1. The fourth-order valence-electron chi connectivity index (χ4n) is 3.47. The van der Waals surface area contributed by atoms with E-state index in [1.807, 2.05) is 11.4 Å². The molecule has 26 heavy (non-hydrogen) atoms. The zero-order chi connectivity index (χ0) is 18.8. The second-order valence-corrected chi connectivity index (χ2v) is 7.60. The summed E-state index contributed by atoms with van der Waals surface area (Å²) in [5, 5.41) is 1.87. The zero-order valence-electron chi connectivity index (χ0n) is 15.7. The van der Waals surface area contributed by atoms with Crippen molar-refractivity contribution in [2.75, 3.05) is 13.7 Å². The zero-order valence-corrected chi connectivity index (χ0v) is 16.5. The van der Waals surface area contributed by atoms with Gasteiger partial charge in [0.05, 0.1) is 12.1 Å². The molecule has 0 aliphatic rings. The Morgan fingerprint density at radius 2 is 1.77 bits per heavy atom. The van der Waals surface area contributed by atoms with Crippen molar-refractivity contribution in [1.82, 2.24) is 9.13 Å². The van der Waals surface area contributed by atoms with E-state index >= 15 is 0 Å². The van der Waals surface area contributed by atoms with E-state index in [1.165, 1.54) is 21.5 Å². The lowest BCUT2D eigenvalue weighted by atomic mass is 10.00. The van der Waals surface area contributed by atoms with Crippen molar-refractivity contribution in [3.05, 3.63) is 66.7 Å². The number of rotatable bonds is 6. The predicted molar refractivity (Wildman–Crippen MR) is 107 cm³/mol. The standard InChI is InChI=1S/C20H24N2O3S/c1-13-10-14(2)16(15(3)11-13)12-22-17-6-9-26-18(17)19(23)21(20(22)24)7-5-8-25-4/h6,9-11H,5,7-8,12H2,1-4H3. The van der Waals surface area contributed by atoms with Gasteiger partial charge < -0.3 is 4.74 Å². The molecule has 0 aliphatic carbocycles. The minimum atomic E-state index is -0.253. The number of aryl methyl sites for hydroxylation is 3. The molecule has 0 unspecified atom stereocenters. The van der Waals surface area contributed by atoms with Gasteiger partial charge in [0.1, 0.15) is 4.70 Å². The molecule has 0 saturated heterocycles. The number of thiophene rings is 1. The van der Waals surface area contributed by atoms with Crippen LogP contribution in [0.1, 0.15) is 28.7 Å². The summed E-state index contributed by atoms with van der Waals surface area (Å²) >= 11 is 1.39. The Morgan fingerprint density at radius 3 is 2.42 bits per heavy atom. The summed E-state index contributed by atoms with van der Waals surface area (Å²) in [6.45, 7) is 7.56. The molecular weight excluding hydrogens is 348 g/mol. The maximum Gasteiger partial charge on any atom is 0.331 e. The molecule has 3 aromatic rings. The van der Waals surface area contributed by atoms with Crippen molar-refractivity contribution < 1.29 is 4.74 Å². The fourth-order valence-corrected chi connectivity index (χ4v) is 4.31. The summed E-state index contributed by atoms with van der Waals surface area (Å²) in [7, 11) is 1.62. The Morgan fingerprint density at radius 1 is 1.08 bits per heavy atom. The van der Waals surface area contributed by atoms with Crippen molar-refractivity contribution >= 4 is 21.6 Å². The van der Waals surface area contributed by atoms with E-state index in [1.54, 1.807) is 11.7 Å². The van der Waals surface area contributed by atoms with Crippen LogP contribution in [0.25, 0.3) is 10.2 Å². The van der Waals surface area contributed by atoms with E-state index < -0.39 is 0 Å². The number of aromatic nitrogens is 2. The van der Waals surface area contributed by atoms with Gasteiger partial charge in [-0.2, -0.15) is 0 Å². The molecule has 6 heteroatoms. The number of ether oxygens (including phenoxy) is 1. The first-order valence-corrected chi connectivity index (χ1v) is 9.58. The summed E-state index contributed by atoms with van der Waals surface area (Å²) < 4.78 is 8.76. The minimum Gasteiger partial charge on any atom is -0.385 e. The van der Waals surface area contributed by atoms with Gasteiger partial charge in [-0.3, -0.25) is 13.9 Å². The first-order valence-electron chi connectivity index (χ1n) is 8.70. The van der Waals surface area contributed by atoms with Crippen LogP contribution in [0.4, 0.5) is 0 Å². The van der Waals surface area contributed by atoms with Gasteiger partial charge in [-0.1, -0.05) is 17.7 Å². The van der Waals surface area contributed by atoms with Gasteiger partial charge in [-0.15, -0.1) is 11.3 Å². The first kappa shape index (κ1) is 18.6. The van der Waals surface area contributed by atoms with Gasteiger partial charge in [-0.25, -0.2) is 4.79 Å². The Balaban J connectivity index is 2.15. The molecule has 5 nitrogen and oxygen atoms in total. The van der Waals surface area contributed by atoms with Crippen LogP contribution in [-0.2, 0) is 17.8 Å². The second-order valence-electron chi connectivity index (χ2n) is 6.68. The van der Waals surface area contributed by atoms with Crippen molar-refractivity contribution in [2.24, 2.45) is 0 Å². The SMILES string of the molecule is COCCCn1c(=O)c2sccc2n(Cc2c(C)cc(C)cc2C)c1=O. The van der Waals surface area contributed by atoms with Gasteiger partial charge in [0.15, 0.2) is 0 Å². The highest BCUT2D eigenvalue weighted by Crippen LogP contribution is 2.20. The van der Waals surface area contributed by atoms with Gasteiger partial charge in [-0.05, 0) is 55.3 Å². The summed E-state index contributed by atoms with van der Waals surface area (Å²) in [5.74, 6) is 0. The Hall–Kier alpha value is -2.18. The number of hydrogen-bond donors (Lipinski definition) is 0. The summed E-state index contributed by atoms with van der Waals surface area (Å²) in [4.78, 5) is 25.8. The summed E-state index contributed by atoms with van der Waals surface area (Å²) in [5.41, 5.74) is 4.92. The van der Waals surface area contributed by atoms with E-state index in [9.17, 15) is 9.59 Å². The average Bonchev–Trinajstić information content (AvgIpc) is 3.06. The Bertz CT molecular complexity index is 1040. The first-order chi connectivity index (χ1) is 12.4. The normalized spacial score (nSPS) is 11.4. The third-order valence-electron chi connectivity index (χ3n) is 4.72. The predicted octanol–water partition coefficient (Wildman–Crippen LogP) is 3.23. The van der Waals surface area contributed by atoms with Crippen molar-refractivity contribution in [3.8, 4) is 0 Å². The number of nitrogens with zero attached hydrogens (tertiary/aromatic N) is 2. The molecule has 1 aromatic carbocycles. The highest BCUT2D eigenvalue weighted by molar-refractivity contribution is 7.17. The van der Waals surface area contributed by atoms with Crippen LogP contribution < -0.4 is 11.2 Å². The quantitative estimate of drug-likeness (QED) is 0.624. The molecular formula is C20H24N2O3S. The average molecular weight is 372 g/mol. The molecule has 0 aliphatic heterocycles. The van der Waals surface area contributed by atoms with Crippen LogP contribution in [0.5, 0.6) is 0 Å². The molecule has 138 valence electrons. The highest BCUT2D eigenvalue weighted by atomic mass is 32.1. The highest BCUT2D eigenvalue weighted by Gasteiger charge is 2.16. The van der Waals surface area contributed by atoms with Crippen molar-refractivity contribution in [3.63, 3.8) is 0 Å². The molecule has 2 heterocycles. The second kappa shape index (κ2) is 7.60. The van der Waals surface area contributed by atoms with E-state index in [-0.39, 0.29) is 11.2 Å². The molecule has 0 radical (unpaired) electrons. The number of fused-ring (bicyclic) bond motifs is 1. The monoisotopic (exact) mass is 372 g/mol. The molecule has 0 bridgehead atoms. The molecule has 0 N–H and O–H groups in total.